The fraction of sp³-hybridized carbons (Fsp3) is 0.333. The average molecular weight is 256 g/mol. The molecular formula is C12H16O6. The van der Waals surface area contributed by atoms with Gasteiger partial charge in [-0.25, -0.2) is 9.59 Å². The van der Waals surface area contributed by atoms with Gasteiger partial charge in [-0.15, -0.1) is 0 Å². The van der Waals surface area contributed by atoms with E-state index in [2.05, 4.69) is 38.1 Å². The lowest BCUT2D eigenvalue weighted by Crippen LogP contribution is -2.39. The number of rotatable bonds is 3. The minimum Gasteiger partial charge on any atom is -0.479 e. The Kier molecular flexibility index (Phi) is 6.62. The van der Waals surface area contributed by atoms with Crippen molar-refractivity contribution in [2.75, 3.05) is 0 Å². The number of aliphatic hydroxyl groups excluding tert-OH is 2. The van der Waals surface area contributed by atoms with Crippen LogP contribution in [0.25, 0.3) is 0 Å². The standard InChI is InChI=1S/C8H10.C4H6O6/c1-7-5-3-4-6-8(7)2;5-1(3(7)8)2(6)4(9)10/h3-6H,1-2H3;1-2,5-6H,(H,7,8)(H,9,10). The number of carbonyl (C=O) groups is 2. The van der Waals surface area contributed by atoms with Crippen LogP contribution in [0.5, 0.6) is 0 Å². The number of benzene rings is 1. The molecule has 1 aromatic carbocycles. The maximum absolute atomic E-state index is 9.77. The number of carboxylic acid groups (broad SMARTS) is 2. The summed E-state index contributed by atoms with van der Waals surface area (Å²) in [6.45, 7) is 4.24. The van der Waals surface area contributed by atoms with E-state index in [0.29, 0.717) is 0 Å². The van der Waals surface area contributed by atoms with Gasteiger partial charge in [-0.05, 0) is 25.0 Å². The summed E-state index contributed by atoms with van der Waals surface area (Å²) in [7, 11) is 0. The number of aliphatic carboxylic acids is 2. The summed E-state index contributed by atoms with van der Waals surface area (Å²) < 4.78 is 0. The summed E-state index contributed by atoms with van der Waals surface area (Å²) in [5, 5.41) is 32.5. The summed E-state index contributed by atoms with van der Waals surface area (Å²) >= 11 is 0. The third-order valence-electron chi connectivity index (χ3n) is 2.23. The molecule has 0 saturated heterocycles. The maximum atomic E-state index is 9.77. The zero-order valence-corrected chi connectivity index (χ0v) is 10.1. The molecule has 0 heterocycles. The van der Waals surface area contributed by atoms with Gasteiger partial charge in [-0.1, -0.05) is 24.3 Å². The molecular weight excluding hydrogens is 240 g/mol. The van der Waals surface area contributed by atoms with Gasteiger partial charge in [-0.2, -0.15) is 0 Å². The Hall–Kier alpha value is -1.92. The van der Waals surface area contributed by atoms with Crippen LogP contribution in [-0.2, 0) is 9.59 Å². The molecule has 1 aromatic rings. The van der Waals surface area contributed by atoms with Gasteiger partial charge < -0.3 is 20.4 Å². The van der Waals surface area contributed by atoms with Crippen molar-refractivity contribution < 1.29 is 30.0 Å². The molecule has 2 unspecified atom stereocenters. The first-order valence-electron chi connectivity index (χ1n) is 5.11. The molecule has 0 aliphatic rings. The van der Waals surface area contributed by atoms with Crippen LogP contribution < -0.4 is 0 Å². The summed E-state index contributed by atoms with van der Waals surface area (Å²) in [5.41, 5.74) is 2.74. The fourth-order valence-corrected chi connectivity index (χ4v) is 0.933. The average Bonchev–Trinajstić information content (AvgIpc) is 2.31. The second-order valence-electron chi connectivity index (χ2n) is 3.65. The summed E-state index contributed by atoms with van der Waals surface area (Å²) in [5.74, 6) is -3.54. The molecule has 18 heavy (non-hydrogen) atoms. The minimum atomic E-state index is -2.27. The monoisotopic (exact) mass is 256 g/mol. The first-order valence-corrected chi connectivity index (χ1v) is 5.11. The van der Waals surface area contributed by atoms with Crippen molar-refractivity contribution in [2.24, 2.45) is 0 Å². The molecule has 0 amide bonds. The maximum Gasteiger partial charge on any atom is 0.335 e. The first kappa shape index (κ1) is 16.1. The van der Waals surface area contributed by atoms with Gasteiger partial charge in [0.15, 0.2) is 12.2 Å². The van der Waals surface area contributed by atoms with E-state index in [0.717, 1.165) is 0 Å². The van der Waals surface area contributed by atoms with Crippen molar-refractivity contribution in [2.45, 2.75) is 26.1 Å². The van der Waals surface area contributed by atoms with E-state index in [4.69, 9.17) is 20.4 Å². The largest absolute Gasteiger partial charge is 0.479 e. The molecule has 0 bridgehead atoms. The van der Waals surface area contributed by atoms with Gasteiger partial charge in [0.1, 0.15) is 0 Å². The highest BCUT2D eigenvalue weighted by Crippen LogP contribution is 2.02. The SMILES string of the molecule is Cc1ccccc1C.O=C(O)C(O)C(O)C(=O)O. The highest BCUT2D eigenvalue weighted by molar-refractivity contribution is 5.83. The lowest BCUT2D eigenvalue weighted by atomic mass is 10.1. The highest BCUT2D eigenvalue weighted by atomic mass is 16.4. The zero-order valence-electron chi connectivity index (χ0n) is 10.1. The number of aliphatic hydroxyl groups is 2. The van der Waals surface area contributed by atoms with Crippen molar-refractivity contribution in [3.8, 4) is 0 Å². The van der Waals surface area contributed by atoms with E-state index in [1.54, 1.807) is 0 Å². The molecule has 100 valence electrons. The van der Waals surface area contributed by atoms with Crippen LogP contribution in [0.1, 0.15) is 11.1 Å². The van der Waals surface area contributed by atoms with Crippen molar-refractivity contribution in [3.63, 3.8) is 0 Å². The van der Waals surface area contributed by atoms with Gasteiger partial charge in [0, 0.05) is 0 Å². The zero-order chi connectivity index (χ0) is 14.3. The van der Waals surface area contributed by atoms with E-state index in [-0.39, 0.29) is 0 Å². The Labute approximate surface area is 104 Å². The number of hydrogen-bond donors (Lipinski definition) is 4. The number of hydrogen-bond acceptors (Lipinski definition) is 4. The first-order chi connectivity index (χ1) is 8.27. The van der Waals surface area contributed by atoms with E-state index in [9.17, 15) is 9.59 Å². The van der Waals surface area contributed by atoms with Gasteiger partial charge in [-0.3, -0.25) is 0 Å². The van der Waals surface area contributed by atoms with Crippen LogP contribution in [-0.4, -0.2) is 44.6 Å². The molecule has 2 atom stereocenters. The van der Waals surface area contributed by atoms with Crippen LogP contribution in [0.15, 0.2) is 24.3 Å². The number of carboxylic acids is 2. The second-order valence-corrected chi connectivity index (χ2v) is 3.65. The predicted octanol–water partition coefficient (Wildman–Crippen LogP) is 0.181. The van der Waals surface area contributed by atoms with Crippen molar-refractivity contribution in [1.29, 1.82) is 0 Å². The Bertz CT molecular complexity index is 376. The van der Waals surface area contributed by atoms with E-state index < -0.39 is 24.1 Å². The molecule has 0 aliphatic heterocycles. The quantitative estimate of drug-likeness (QED) is 0.613. The van der Waals surface area contributed by atoms with Gasteiger partial charge >= 0.3 is 11.9 Å². The topological polar surface area (TPSA) is 115 Å². The molecule has 6 heteroatoms. The molecule has 0 fully saturated rings. The van der Waals surface area contributed by atoms with Crippen molar-refractivity contribution in [3.05, 3.63) is 35.4 Å². The normalized spacial score (nSPS) is 12.9. The molecule has 0 saturated carbocycles. The Balaban J connectivity index is 0.000000327. The van der Waals surface area contributed by atoms with Crippen LogP contribution in [0, 0.1) is 13.8 Å². The minimum absolute atomic E-state index is 1.37. The molecule has 0 aliphatic carbocycles. The lowest BCUT2D eigenvalue weighted by Gasteiger charge is -2.07. The van der Waals surface area contributed by atoms with Crippen LogP contribution in [0.3, 0.4) is 0 Å². The lowest BCUT2D eigenvalue weighted by molar-refractivity contribution is -0.165. The van der Waals surface area contributed by atoms with Gasteiger partial charge in [0.2, 0.25) is 0 Å². The summed E-state index contributed by atoms with van der Waals surface area (Å²) in [6, 6.07) is 8.36. The fourth-order valence-electron chi connectivity index (χ4n) is 0.933. The van der Waals surface area contributed by atoms with E-state index in [1.807, 2.05) is 0 Å². The molecule has 0 radical (unpaired) electrons. The van der Waals surface area contributed by atoms with E-state index in [1.165, 1.54) is 11.1 Å². The summed E-state index contributed by atoms with van der Waals surface area (Å²) in [6.07, 6.45) is -4.53. The van der Waals surface area contributed by atoms with Crippen LogP contribution in [0.4, 0.5) is 0 Å². The summed E-state index contributed by atoms with van der Waals surface area (Å²) in [4.78, 5) is 19.5. The molecule has 1 rings (SSSR count). The Morgan fingerprint density at radius 1 is 0.889 bits per heavy atom. The van der Waals surface area contributed by atoms with Crippen LogP contribution >= 0.6 is 0 Å². The molecule has 0 aromatic heterocycles. The number of aryl methyl sites for hydroxylation is 2. The smallest absolute Gasteiger partial charge is 0.335 e. The molecule has 0 spiro atoms. The second kappa shape index (κ2) is 7.41. The van der Waals surface area contributed by atoms with Gasteiger partial charge in [0.25, 0.3) is 0 Å². The van der Waals surface area contributed by atoms with E-state index >= 15 is 0 Å². The molecule has 4 N–H and O–H groups in total. The van der Waals surface area contributed by atoms with Crippen molar-refractivity contribution >= 4 is 11.9 Å². The third kappa shape index (κ3) is 5.42. The highest BCUT2D eigenvalue weighted by Gasteiger charge is 2.29. The Morgan fingerprint density at radius 3 is 1.33 bits per heavy atom. The molecule has 6 nitrogen and oxygen atoms in total. The Morgan fingerprint density at radius 2 is 1.17 bits per heavy atom. The third-order valence-corrected chi connectivity index (χ3v) is 2.23. The van der Waals surface area contributed by atoms with Crippen molar-refractivity contribution in [1.82, 2.24) is 0 Å². The van der Waals surface area contributed by atoms with Gasteiger partial charge in [0.05, 0.1) is 0 Å². The predicted molar refractivity (Wildman–Crippen MR) is 63.2 cm³/mol. The van der Waals surface area contributed by atoms with Crippen LogP contribution in [0.2, 0.25) is 0 Å².